The molecule has 3 saturated carbocycles. The molecule has 0 radical (unpaired) electrons. The summed E-state index contributed by atoms with van der Waals surface area (Å²) in [4.78, 5) is 36.0. The number of allylic oxidation sites excluding steroid dienone is 1. The highest BCUT2D eigenvalue weighted by molar-refractivity contribution is 5.90. The van der Waals surface area contributed by atoms with Gasteiger partial charge in [-0.25, -0.2) is 4.79 Å². The van der Waals surface area contributed by atoms with E-state index in [4.69, 9.17) is 52.5 Å². The third-order valence-corrected chi connectivity index (χ3v) is 15.1. The highest BCUT2D eigenvalue weighted by atomic mass is 16.8. The van der Waals surface area contributed by atoms with Crippen molar-refractivity contribution < 1.29 is 128 Å². The number of carboxylic acid groups (broad SMARTS) is 1. The molecular weight excluding hydrogens is 968 g/mol. The molecule has 0 bridgehead atoms. The molecule has 0 amide bonds. The Bertz CT molecular complexity index is 1780. The second kappa shape index (κ2) is 25.5. The van der Waals surface area contributed by atoms with Gasteiger partial charge in [0.05, 0.1) is 55.4 Å². The molecule has 4 saturated heterocycles. The summed E-state index contributed by atoms with van der Waals surface area (Å²) in [5, 5.41) is 139. The van der Waals surface area contributed by atoms with Gasteiger partial charge in [-0.1, -0.05) is 6.08 Å². The predicted octanol–water partition coefficient (Wildman–Crippen LogP) is -5.03. The number of carbonyl (C=O) groups is 3. The quantitative estimate of drug-likeness (QED) is 0.0368. The molecule has 9 unspecified atom stereocenters. The number of aliphatic hydroxyl groups is 12. The van der Waals surface area contributed by atoms with Gasteiger partial charge in [-0.3, -0.25) is 9.59 Å². The third kappa shape index (κ3) is 13.7. The minimum absolute atomic E-state index is 0.0217. The summed E-state index contributed by atoms with van der Waals surface area (Å²) in [6.07, 6.45) is -27.8. The topological polar surface area (TPSA) is 407 Å². The van der Waals surface area contributed by atoms with Crippen molar-refractivity contribution >= 4 is 17.9 Å². The summed E-state index contributed by atoms with van der Waals surface area (Å²) in [5.41, 5.74) is 0. The molecule has 13 N–H and O–H groups in total. The van der Waals surface area contributed by atoms with Gasteiger partial charge in [0.25, 0.3) is 0 Å². The van der Waals surface area contributed by atoms with Crippen molar-refractivity contribution in [3.63, 3.8) is 0 Å². The number of aliphatic carboxylic acids is 1. The average molecular weight is 1040 g/mol. The predicted molar refractivity (Wildman–Crippen MR) is 233 cm³/mol. The van der Waals surface area contributed by atoms with Crippen molar-refractivity contribution in [1.82, 2.24) is 0 Å². The molecule has 7 fully saturated rings. The van der Waals surface area contributed by atoms with Crippen LogP contribution in [-0.2, 0) is 61.8 Å². The zero-order chi connectivity index (χ0) is 52.1. The Morgan fingerprint density at radius 1 is 0.569 bits per heavy atom. The van der Waals surface area contributed by atoms with E-state index in [0.717, 1.165) is 0 Å². The smallest absolute Gasteiger partial charge is 0.330 e. The van der Waals surface area contributed by atoms with Gasteiger partial charge >= 0.3 is 17.9 Å². The van der Waals surface area contributed by atoms with E-state index in [1.165, 1.54) is 13.2 Å². The van der Waals surface area contributed by atoms with Crippen LogP contribution in [0.3, 0.4) is 0 Å². The fourth-order valence-electron chi connectivity index (χ4n) is 11.0. The first-order valence-corrected chi connectivity index (χ1v) is 24.7. The van der Waals surface area contributed by atoms with Gasteiger partial charge in [-0.05, 0) is 69.6 Å². The Morgan fingerprint density at radius 2 is 1.17 bits per heavy atom. The first-order chi connectivity index (χ1) is 34.3. The van der Waals surface area contributed by atoms with E-state index in [1.807, 2.05) is 0 Å². The number of ether oxygens (including phenoxy) is 10. The van der Waals surface area contributed by atoms with Crippen LogP contribution in [0.15, 0.2) is 12.2 Å². The summed E-state index contributed by atoms with van der Waals surface area (Å²) in [5.74, 6) is -4.56. The maximum Gasteiger partial charge on any atom is 0.330 e. The van der Waals surface area contributed by atoms with Gasteiger partial charge in [-0.15, -0.1) is 0 Å². The average Bonchev–Trinajstić information content (AvgIpc) is 3.35. The summed E-state index contributed by atoms with van der Waals surface area (Å²) >= 11 is 0. The van der Waals surface area contributed by atoms with Gasteiger partial charge in [0.15, 0.2) is 18.9 Å². The second-order valence-corrected chi connectivity index (χ2v) is 20.1. The van der Waals surface area contributed by atoms with Crippen LogP contribution in [0.25, 0.3) is 0 Å². The summed E-state index contributed by atoms with van der Waals surface area (Å²) in [6, 6.07) is 0. The second-order valence-electron chi connectivity index (χ2n) is 20.1. The number of methoxy groups -OCH3 is 1. The van der Waals surface area contributed by atoms with Crippen molar-refractivity contribution in [3.8, 4) is 0 Å². The van der Waals surface area contributed by atoms with E-state index in [1.54, 1.807) is 6.08 Å². The standard InChI is InChI=1S/C46H72O26/c1-63-26-10-18(2-8-23(26)50)3-9-32(53)64-16-30-36(57)39(60)43(72-45-41(62)37(58)34(55)28(15-47)69-45)46(71-30)68-27-13-22-24(66-42(27)19-4-6-20(48)7-5-19)11-21(49)12-25(22)67-44-40(61)38(59)35(56)29(70-44)17-65-33(54)14-31(51)52/h3,9,18-30,34-50,55-62H,2,4-8,10-17H2,1H3,(H,51,52)/t18?,19?,20?,21?,22?,23?,24?,25?,26?,27?,28-,29-,30-,34-,35-,36-,37+,38+,39+,40-,41-,42?,43-,44-,45+,46-/m1/s1. The molecule has 26 nitrogen and oxygen atoms in total. The Labute approximate surface area is 413 Å². The molecule has 26 heteroatoms. The molecule has 0 aromatic rings. The highest BCUT2D eigenvalue weighted by Crippen LogP contribution is 2.45. The summed E-state index contributed by atoms with van der Waals surface area (Å²) < 4.78 is 59.2. The molecule has 7 rings (SSSR count). The maximum atomic E-state index is 13.0. The van der Waals surface area contributed by atoms with E-state index in [0.29, 0.717) is 44.9 Å². The van der Waals surface area contributed by atoms with Crippen LogP contribution in [0, 0.1) is 17.8 Å². The van der Waals surface area contributed by atoms with Gasteiger partial charge in [0.1, 0.15) is 92.9 Å². The van der Waals surface area contributed by atoms with Gasteiger partial charge in [0.2, 0.25) is 0 Å². The van der Waals surface area contributed by atoms with Crippen LogP contribution >= 0.6 is 0 Å². The van der Waals surface area contributed by atoms with Crippen LogP contribution in [0.5, 0.6) is 0 Å². The molecule has 4 heterocycles. The molecule has 0 aromatic heterocycles. The molecule has 7 aliphatic rings. The van der Waals surface area contributed by atoms with E-state index < -0.39 is 191 Å². The van der Waals surface area contributed by atoms with E-state index in [2.05, 4.69) is 0 Å². The molecule has 0 spiro atoms. The molecular formula is C46H72O26. The monoisotopic (exact) mass is 1040 g/mol. The van der Waals surface area contributed by atoms with Crippen LogP contribution in [0.2, 0.25) is 0 Å². The largest absolute Gasteiger partial charge is 0.481 e. The molecule has 0 aromatic carbocycles. The van der Waals surface area contributed by atoms with Gasteiger partial charge in [0, 0.05) is 25.5 Å². The first-order valence-electron chi connectivity index (χ1n) is 24.7. The van der Waals surface area contributed by atoms with Crippen molar-refractivity contribution in [1.29, 1.82) is 0 Å². The molecule has 4 aliphatic heterocycles. The lowest BCUT2D eigenvalue weighted by atomic mass is 9.73. The van der Waals surface area contributed by atoms with Crippen molar-refractivity contribution in [2.45, 2.75) is 212 Å². The zero-order valence-corrected chi connectivity index (χ0v) is 39.7. The van der Waals surface area contributed by atoms with Crippen LogP contribution < -0.4 is 0 Å². The highest BCUT2D eigenvalue weighted by Gasteiger charge is 2.56. The lowest BCUT2D eigenvalue weighted by molar-refractivity contribution is -0.380. The van der Waals surface area contributed by atoms with E-state index >= 15 is 0 Å². The van der Waals surface area contributed by atoms with Crippen LogP contribution in [0.4, 0.5) is 0 Å². The Balaban J connectivity index is 1.13. The lowest BCUT2D eigenvalue weighted by Crippen LogP contribution is -2.66. The van der Waals surface area contributed by atoms with Crippen molar-refractivity contribution in [2.75, 3.05) is 26.9 Å². The number of aliphatic hydroxyl groups excluding tert-OH is 12. The molecule has 3 aliphatic carbocycles. The van der Waals surface area contributed by atoms with E-state index in [-0.39, 0.29) is 31.1 Å². The van der Waals surface area contributed by atoms with Crippen molar-refractivity contribution in [3.05, 3.63) is 12.2 Å². The Kier molecular flexibility index (Phi) is 20.2. The number of hydrogen-bond acceptors (Lipinski definition) is 25. The summed E-state index contributed by atoms with van der Waals surface area (Å²) in [7, 11) is 1.48. The van der Waals surface area contributed by atoms with Crippen molar-refractivity contribution in [2.24, 2.45) is 17.8 Å². The fourth-order valence-corrected chi connectivity index (χ4v) is 11.0. The molecule has 72 heavy (non-hydrogen) atoms. The number of carbonyl (C=O) groups excluding carboxylic acids is 2. The molecule has 412 valence electrons. The summed E-state index contributed by atoms with van der Waals surface area (Å²) in [6.45, 7) is -2.18. The number of rotatable bonds is 17. The van der Waals surface area contributed by atoms with Gasteiger partial charge < -0.3 is 114 Å². The number of carboxylic acids is 1. The minimum Gasteiger partial charge on any atom is -0.481 e. The SMILES string of the molecule is COC1CC(C=CC(=O)OC[C@H]2O[C@@H](OC3CC4C(CC(O)CC4O[C@@H]4O[C@H](COC(=O)CC(=O)O)[C@@H](O)[C@H](O)[C@H]4O)OC3C3CCC(O)CC3)[C@H](O[C@@H]3O[C@H](CO)[C@@H](O)[C@H](O)[C@H]3O)[C@@H](O)[C@@H]2O)CCC1O. The Hall–Kier alpha value is -2.65. The minimum atomic E-state index is -1.97. The van der Waals surface area contributed by atoms with E-state index in [9.17, 15) is 75.7 Å². The lowest BCUT2D eigenvalue weighted by Gasteiger charge is -2.52. The Morgan fingerprint density at radius 3 is 1.82 bits per heavy atom. The number of esters is 2. The first kappa shape index (κ1) is 57.1. The number of fused-ring (bicyclic) bond motifs is 1. The zero-order valence-electron chi connectivity index (χ0n) is 39.7. The van der Waals surface area contributed by atoms with Crippen LogP contribution in [0.1, 0.15) is 70.6 Å². The molecule has 24 atom stereocenters. The third-order valence-electron chi connectivity index (χ3n) is 15.1. The fraction of sp³-hybridized carbons (Fsp3) is 0.891. The normalized spacial score (nSPS) is 47.1. The van der Waals surface area contributed by atoms with Crippen LogP contribution in [-0.4, -0.2) is 252 Å². The number of hydrogen-bond donors (Lipinski definition) is 13. The van der Waals surface area contributed by atoms with Gasteiger partial charge in [-0.2, -0.15) is 0 Å². The maximum absolute atomic E-state index is 13.0.